The van der Waals surface area contributed by atoms with E-state index < -0.39 is 6.10 Å². The molecule has 4 rings (SSSR count). The first-order valence-corrected chi connectivity index (χ1v) is 7.63. The van der Waals surface area contributed by atoms with Gasteiger partial charge in [0.05, 0.1) is 23.2 Å². The van der Waals surface area contributed by atoms with Crippen LogP contribution in [0.4, 0.5) is 0 Å². The zero-order chi connectivity index (χ0) is 16.0. The molecule has 1 aliphatic heterocycles. The van der Waals surface area contributed by atoms with Gasteiger partial charge in [-0.15, -0.1) is 0 Å². The smallest absolute Gasteiger partial charge is 0.263 e. The SMILES string of the molecule is O=c1c2c(c3cccnc3n1-c1cccc(Cl)c1)OC(CO)C2. The molecule has 0 aliphatic carbocycles. The van der Waals surface area contributed by atoms with Gasteiger partial charge in [-0.1, -0.05) is 17.7 Å². The lowest BCUT2D eigenvalue weighted by Crippen LogP contribution is -2.23. The lowest BCUT2D eigenvalue weighted by Gasteiger charge is -2.13. The summed E-state index contributed by atoms with van der Waals surface area (Å²) in [7, 11) is 0. The number of aromatic nitrogens is 2. The molecule has 0 saturated heterocycles. The second-order valence-corrected chi connectivity index (χ2v) is 5.87. The lowest BCUT2D eigenvalue weighted by atomic mass is 10.1. The Labute approximate surface area is 136 Å². The van der Waals surface area contributed by atoms with Crippen LogP contribution in [0.2, 0.25) is 5.02 Å². The molecule has 0 spiro atoms. The molecule has 1 N–H and O–H groups in total. The quantitative estimate of drug-likeness (QED) is 0.784. The van der Waals surface area contributed by atoms with E-state index in [1.807, 2.05) is 12.1 Å². The number of hydrogen-bond donors (Lipinski definition) is 1. The van der Waals surface area contributed by atoms with E-state index in [0.717, 1.165) is 5.39 Å². The first-order chi connectivity index (χ1) is 11.2. The molecular formula is C17H13ClN2O3. The average molecular weight is 329 g/mol. The van der Waals surface area contributed by atoms with Gasteiger partial charge in [0, 0.05) is 17.6 Å². The van der Waals surface area contributed by atoms with Gasteiger partial charge < -0.3 is 9.84 Å². The molecule has 3 aromatic rings. The first-order valence-electron chi connectivity index (χ1n) is 7.25. The third-order valence-corrected chi connectivity index (χ3v) is 4.20. The van der Waals surface area contributed by atoms with Crippen molar-refractivity contribution in [3.05, 3.63) is 63.5 Å². The Kier molecular flexibility index (Phi) is 3.32. The predicted molar refractivity (Wildman–Crippen MR) is 87.6 cm³/mol. The van der Waals surface area contributed by atoms with E-state index in [9.17, 15) is 9.90 Å². The summed E-state index contributed by atoms with van der Waals surface area (Å²) in [6.45, 7) is -0.132. The van der Waals surface area contributed by atoms with Crippen LogP contribution in [0.3, 0.4) is 0 Å². The molecule has 1 aliphatic rings. The minimum atomic E-state index is -0.392. The van der Waals surface area contributed by atoms with Crippen LogP contribution in [0, 0.1) is 0 Å². The maximum atomic E-state index is 13.0. The molecule has 5 nitrogen and oxygen atoms in total. The number of ether oxygens (including phenoxy) is 1. The van der Waals surface area contributed by atoms with Crippen LogP contribution in [-0.2, 0) is 6.42 Å². The molecule has 1 aromatic carbocycles. The third kappa shape index (κ3) is 2.20. The Morgan fingerprint density at radius 2 is 2.22 bits per heavy atom. The average Bonchev–Trinajstić information content (AvgIpc) is 3.00. The fourth-order valence-electron chi connectivity index (χ4n) is 2.95. The molecule has 0 fully saturated rings. The molecule has 0 bridgehead atoms. The van der Waals surface area contributed by atoms with Crippen molar-refractivity contribution in [1.82, 2.24) is 9.55 Å². The molecule has 0 amide bonds. The zero-order valence-electron chi connectivity index (χ0n) is 12.1. The number of rotatable bonds is 2. The Morgan fingerprint density at radius 1 is 1.35 bits per heavy atom. The molecule has 1 atom stereocenters. The number of hydrogen-bond acceptors (Lipinski definition) is 4. The van der Waals surface area contributed by atoms with E-state index in [1.54, 1.807) is 35.0 Å². The maximum Gasteiger partial charge on any atom is 0.263 e. The van der Waals surface area contributed by atoms with Crippen molar-refractivity contribution in [1.29, 1.82) is 0 Å². The van der Waals surface area contributed by atoms with Crippen molar-refractivity contribution in [2.24, 2.45) is 0 Å². The summed E-state index contributed by atoms with van der Waals surface area (Å²) in [6, 6.07) is 10.7. The van der Waals surface area contributed by atoms with E-state index in [1.165, 1.54) is 0 Å². The Balaban J connectivity index is 2.08. The highest BCUT2D eigenvalue weighted by Crippen LogP contribution is 2.34. The molecule has 116 valence electrons. The first kappa shape index (κ1) is 14.2. The van der Waals surface area contributed by atoms with Crippen molar-refractivity contribution >= 4 is 22.6 Å². The number of benzene rings is 1. The highest BCUT2D eigenvalue weighted by atomic mass is 35.5. The number of aliphatic hydroxyl groups is 1. The highest BCUT2D eigenvalue weighted by Gasteiger charge is 2.29. The molecular weight excluding hydrogens is 316 g/mol. The molecule has 0 radical (unpaired) electrons. The van der Waals surface area contributed by atoms with Gasteiger partial charge in [-0.3, -0.25) is 9.36 Å². The summed E-state index contributed by atoms with van der Waals surface area (Å²) < 4.78 is 7.28. The van der Waals surface area contributed by atoms with Crippen molar-refractivity contribution in [3.8, 4) is 11.4 Å². The van der Waals surface area contributed by atoms with Crippen molar-refractivity contribution in [2.45, 2.75) is 12.5 Å². The van der Waals surface area contributed by atoms with Crippen LogP contribution < -0.4 is 10.3 Å². The molecule has 6 heteroatoms. The number of pyridine rings is 2. The summed E-state index contributed by atoms with van der Waals surface area (Å²) in [5, 5.41) is 10.6. The Hall–Kier alpha value is -2.37. The zero-order valence-corrected chi connectivity index (χ0v) is 12.8. The van der Waals surface area contributed by atoms with Gasteiger partial charge in [-0.05, 0) is 30.3 Å². The van der Waals surface area contributed by atoms with E-state index >= 15 is 0 Å². The van der Waals surface area contributed by atoms with Gasteiger partial charge in [0.2, 0.25) is 0 Å². The number of fused-ring (bicyclic) bond motifs is 3. The summed E-state index contributed by atoms with van der Waals surface area (Å²) in [6.07, 6.45) is 1.63. The van der Waals surface area contributed by atoms with Crippen LogP contribution in [-0.4, -0.2) is 27.4 Å². The summed E-state index contributed by atoms with van der Waals surface area (Å²) >= 11 is 6.07. The fourth-order valence-corrected chi connectivity index (χ4v) is 3.13. The molecule has 3 heterocycles. The van der Waals surface area contributed by atoms with Gasteiger partial charge in [0.1, 0.15) is 11.9 Å². The van der Waals surface area contributed by atoms with Gasteiger partial charge in [0.15, 0.2) is 5.65 Å². The number of halogens is 1. The van der Waals surface area contributed by atoms with Crippen molar-refractivity contribution in [3.63, 3.8) is 0 Å². The van der Waals surface area contributed by atoms with Crippen LogP contribution in [0.15, 0.2) is 47.4 Å². The van der Waals surface area contributed by atoms with E-state index in [2.05, 4.69) is 4.98 Å². The van der Waals surface area contributed by atoms with Gasteiger partial charge in [0.25, 0.3) is 5.56 Å². The fraction of sp³-hybridized carbons (Fsp3) is 0.176. The van der Waals surface area contributed by atoms with Gasteiger partial charge in [-0.2, -0.15) is 0 Å². The second-order valence-electron chi connectivity index (χ2n) is 5.43. The minimum absolute atomic E-state index is 0.132. The minimum Gasteiger partial charge on any atom is -0.486 e. The molecule has 0 saturated carbocycles. The second kappa shape index (κ2) is 5.37. The summed E-state index contributed by atoms with van der Waals surface area (Å²) in [4.78, 5) is 17.3. The van der Waals surface area contributed by atoms with E-state index in [0.29, 0.717) is 34.1 Å². The standard InChI is InChI=1S/C17H13ClN2O3/c18-10-3-1-4-11(7-10)20-16-13(5-2-6-19-16)15-14(17(20)22)8-12(9-21)23-15/h1-7,12,21H,8-9H2. The van der Waals surface area contributed by atoms with Crippen LogP contribution in [0.1, 0.15) is 5.56 Å². The van der Waals surface area contributed by atoms with Gasteiger partial charge in [-0.25, -0.2) is 4.98 Å². The topological polar surface area (TPSA) is 64.4 Å². The Morgan fingerprint density at radius 3 is 3.00 bits per heavy atom. The summed E-state index contributed by atoms with van der Waals surface area (Å²) in [5.74, 6) is 0.524. The molecule has 1 unspecified atom stereocenters. The molecule has 2 aromatic heterocycles. The van der Waals surface area contributed by atoms with Crippen LogP contribution >= 0.6 is 11.6 Å². The highest BCUT2D eigenvalue weighted by molar-refractivity contribution is 6.30. The lowest BCUT2D eigenvalue weighted by molar-refractivity contribution is 0.136. The van der Waals surface area contributed by atoms with Crippen LogP contribution in [0.25, 0.3) is 16.7 Å². The molecule has 23 heavy (non-hydrogen) atoms. The van der Waals surface area contributed by atoms with Gasteiger partial charge >= 0.3 is 0 Å². The summed E-state index contributed by atoms with van der Waals surface area (Å²) in [5.41, 5.74) is 1.53. The predicted octanol–water partition coefficient (Wildman–Crippen LogP) is 2.33. The largest absolute Gasteiger partial charge is 0.486 e. The Bertz CT molecular complexity index is 968. The number of nitrogens with zero attached hydrogens (tertiary/aromatic N) is 2. The third-order valence-electron chi connectivity index (χ3n) is 3.96. The normalized spacial score (nSPS) is 16.3. The van der Waals surface area contributed by atoms with Crippen molar-refractivity contribution < 1.29 is 9.84 Å². The van der Waals surface area contributed by atoms with E-state index in [-0.39, 0.29) is 12.2 Å². The maximum absolute atomic E-state index is 13.0. The van der Waals surface area contributed by atoms with E-state index in [4.69, 9.17) is 16.3 Å². The monoisotopic (exact) mass is 328 g/mol. The van der Waals surface area contributed by atoms with Crippen LogP contribution in [0.5, 0.6) is 5.75 Å². The van der Waals surface area contributed by atoms with Crippen molar-refractivity contribution in [2.75, 3.05) is 6.61 Å². The number of aliphatic hydroxyl groups excluding tert-OH is 1.